The van der Waals surface area contributed by atoms with Gasteiger partial charge in [0.1, 0.15) is 0 Å². The standard InChI is InChI=1S/C16H13Cl2NO/c17-13-6-3-5-12(16(13)18)15(20)8-10-9-19-14-7-2-1-4-11(10)14/h1-7,10,19H,8-9H2. The third-order valence-corrected chi connectivity index (χ3v) is 4.44. The van der Waals surface area contributed by atoms with E-state index in [1.807, 2.05) is 18.2 Å². The number of hydrogen-bond donors (Lipinski definition) is 1. The van der Waals surface area contributed by atoms with Crippen molar-refractivity contribution in [3.8, 4) is 0 Å². The van der Waals surface area contributed by atoms with Crippen LogP contribution in [0.3, 0.4) is 0 Å². The van der Waals surface area contributed by atoms with Gasteiger partial charge >= 0.3 is 0 Å². The van der Waals surface area contributed by atoms with Gasteiger partial charge in [0, 0.05) is 30.1 Å². The highest BCUT2D eigenvalue weighted by Gasteiger charge is 2.25. The lowest BCUT2D eigenvalue weighted by atomic mass is 9.93. The molecule has 2 aromatic carbocycles. The van der Waals surface area contributed by atoms with Crippen molar-refractivity contribution in [3.05, 3.63) is 63.6 Å². The number of hydrogen-bond acceptors (Lipinski definition) is 2. The van der Waals surface area contributed by atoms with Crippen LogP contribution in [0.2, 0.25) is 10.0 Å². The van der Waals surface area contributed by atoms with Gasteiger partial charge in [-0.05, 0) is 23.8 Å². The van der Waals surface area contributed by atoms with Crippen molar-refractivity contribution < 1.29 is 4.79 Å². The molecule has 1 heterocycles. The van der Waals surface area contributed by atoms with Crippen LogP contribution in [0.15, 0.2) is 42.5 Å². The zero-order chi connectivity index (χ0) is 14.1. The number of carbonyl (C=O) groups is 1. The molecular formula is C16H13Cl2NO. The fraction of sp³-hybridized carbons (Fsp3) is 0.188. The highest BCUT2D eigenvalue weighted by atomic mass is 35.5. The second kappa shape index (κ2) is 5.47. The summed E-state index contributed by atoms with van der Waals surface area (Å²) in [6, 6.07) is 13.2. The molecule has 2 nitrogen and oxygen atoms in total. The highest BCUT2D eigenvalue weighted by Crippen LogP contribution is 2.35. The molecule has 1 aliphatic rings. The topological polar surface area (TPSA) is 29.1 Å². The van der Waals surface area contributed by atoms with E-state index in [1.54, 1.807) is 18.2 Å². The summed E-state index contributed by atoms with van der Waals surface area (Å²) in [4.78, 5) is 12.4. The van der Waals surface area contributed by atoms with E-state index >= 15 is 0 Å². The second-order valence-corrected chi connectivity index (χ2v) is 5.68. The fourth-order valence-corrected chi connectivity index (χ4v) is 3.00. The van der Waals surface area contributed by atoms with Crippen LogP contribution < -0.4 is 5.32 Å². The van der Waals surface area contributed by atoms with Crippen molar-refractivity contribution in [2.45, 2.75) is 12.3 Å². The van der Waals surface area contributed by atoms with E-state index in [1.165, 1.54) is 5.56 Å². The van der Waals surface area contributed by atoms with Crippen molar-refractivity contribution in [2.75, 3.05) is 11.9 Å². The Bertz CT molecular complexity index is 669. The number of fused-ring (bicyclic) bond motifs is 1. The Morgan fingerprint density at radius 1 is 1.15 bits per heavy atom. The number of anilines is 1. The number of para-hydroxylation sites is 1. The molecule has 1 aliphatic heterocycles. The summed E-state index contributed by atoms with van der Waals surface area (Å²) in [5.41, 5.74) is 2.81. The van der Waals surface area contributed by atoms with Crippen LogP contribution in [0.1, 0.15) is 28.3 Å². The summed E-state index contributed by atoms with van der Waals surface area (Å²) >= 11 is 12.1. The first-order valence-corrected chi connectivity index (χ1v) is 7.22. The quantitative estimate of drug-likeness (QED) is 0.827. The second-order valence-electron chi connectivity index (χ2n) is 4.89. The predicted molar refractivity (Wildman–Crippen MR) is 83.1 cm³/mol. The lowest BCUT2D eigenvalue weighted by Crippen LogP contribution is -2.10. The Labute approximate surface area is 127 Å². The molecule has 4 heteroatoms. The van der Waals surface area contributed by atoms with E-state index in [9.17, 15) is 4.79 Å². The summed E-state index contributed by atoms with van der Waals surface area (Å²) in [7, 11) is 0. The number of nitrogens with one attached hydrogen (secondary N) is 1. The van der Waals surface area contributed by atoms with Crippen molar-refractivity contribution >= 4 is 34.7 Å². The normalized spacial score (nSPS) is 16.6. The molecule has 1 N–H and O–H groups in total. The molecule has 1 atom stereocenters. The lowest BCUT2D eigenvalue weighted by molar-refractivity contribution is 0.0976. The minimum Gasteiger partial charge on any atom is -0.384 e. The van der Waals surface area contributed by atoms with Gasteiger partial charge in [-0.25, -0.2) is 0 Å². The molecule has 20 heavy (non-hydrogen) atoms. The minimum absolute atomic E-state index is 0.0287. The first-order valence-electron chi connectivity index (χ1n) is 6.47. The molecule has 102 valence electrons. The molecule has 0 aromatic heterocycles. The van der Waals surface area contributed by atoms with Gasteiger partial charge in [0.05, 0.1) is 10.0 Å². The van der Waals surface area contributed by atoms with E-state index < -0.39 is 0 Å². The molecule has 0 fully saturated rings. The number of carbonyl (C=O) groups excluding carboxylic acids is 1. The summed E-state index contributed by atoms with van der Waals surface area (Å²) in [6.07, 6.45) is 0.435. The fourth-order valence-electron chi connectivity index (χ4n) is 2.59. The zero-order valence-electron chi connectivity index (χ0n) is 10.7. The van der Waals surface area contributed by atoms with Crippen molar-refractivity contribution in [1.82, 2.24) is 0 Å². The SMILES string of the molecule is O=C(CC1CNc2ccccc21)c1cccc(Cl)c1Cl. The Morgan fingerprint density at radius 3 is 2.80 bits per heavy atom. The predicted octanol–water partition coefficient (Wildman–Crippen LogP) is 4.78. The zero-order valence-corrected chi connectivity index (χ0v) is 12.2. The average Bonchev–Trinajstić information content (AvgIpc) is 2.85. The number of halogens is 2. The van der Waals surface area contributed by atoms with Crippen LogP contribution in [0.5, 0.6) is 0 Å². The third kappa shape index (κ3) is 2.41. The van der Waals surface area contributed by atoms with Crippen molar-refractivity contribution in [3.63, 3.8) is 0 Å². The van der Waals surface area contributed by atoms with E-state index in [2.05, 4.69) is 11.4 Å². The molecule has 0 radical (unpaired) electrons. The van der Waals surface area contributed by atoms with E-state index in [-0.39, 0.29) is 11.7 Å². The van der Waals surface area contributed by atoms with Gasteiger partial charge in [-0.15, -0.1) is 0 Å². The Balaban J connectivity index is 1.83. The summed E-state index contributed by atoms with van der Waals surface area (Å²) < 4.78 is 0. The Kier molecular flexibility index (Phi) is 3.68. The first kappa shape index (κ1) is 13.5. The van der Waals surface area contributed by atoms with E-state index in [0.29, 0.717) is 22.0 Å². The first-order chi connectivity index (χ1) is 9.66. The van der Waals surface area contributed by atoms with Crippen LogP contribution >= 0.6 is 23.2 Å². The maximum atomic E-state index is 12.4. The molecule has 0 saturated carbocycles. The third-order valence-electron chi connectivity index (χ3n) is 3.62. The van der Waals surface area contributed by atoms with Gasteiger partial charge < -0.3 is 5.32 Å². The molecule has 0 aliphatic carbocycles. The highest BCUT2D eigenvalue weighted by molar-refractivity contribution is 6.43. The van der Waals surface area contributed by atoms with Gasteiger partial charge in [0.15, 0.2) is 5.78 Å². The number of rotatable bonds is 3. The van der Waals surface area contributed by atoms with Crippen LogP contribution in [-0.4, -0.2) is 12.3 Å². The van der Waals surface area contributed by atoms with Gasteiger partial charge in [-0.3, -0.25) is 4.79 Å². The molecule has 0 saturated heterocycles. The van der Waals surface area contributed by atoms with Crippen LogP contribution in [-0.2, 0) is 0 Å². The van der Waals surface area contributed by atoms with E-state index in [0.717, 1.165) is 12.2 Å². The minimum atomic E-state index is 0.0287. The maximum absolute atomic E-state index is 12.4. The van der Waals surface area contributed by atoms with Crippen LogP contribution in [0.4, 0.5) is 5.69 Å². The average molecular weight is 306 g/mol. The molecule has 1 unspecified atom stereocenters. The van der Waals surface area contributed by atoms with Gasteiger partial charge in [0.25, 0.3) is 0 Å². The van der Waals surface area contributed by atoms with Gasteiger partial charge in [-0.2, -0.15) is 0 Å². The summed E-state index contributed by atoms with van der Waals surface area (Å²) in [5, 5.41) is 4.09. The van der Waals surface area contributed by atoms with Crippen LogP contribution in [0.25, 0.3) is 0 Å². The maximum Gasteiger partial charge on any atom is 0.165 e. The van der Waals surface area contributed by atoms with Crippen molar-refractivity contribution in [2.24, 2.45) is 0 Å². The van der Waals surface area contributed by atoms with Gasteiger partial charge in [0.2, 0.25) is 0 Å². The molecule has 2 aromatic rings. The molecule has 0 bridgehead atoms. The largest absolute Gasteiger partial charge is 0.384 e. The lowest BCUT2D eigenvalue weighted by Gasteiger charge is -2.10. The summed E-state index contributed by atoms with van der Waals surface area (Å²) in [5.74, 6) is 0.217. The molecule has 0 spiro atoms. The van der Waals surface area contributed by atoms with E-state index in [4.69, 9.17) is 23.2 Å². The molecular weight excluding hydrogens is 293 g/mol. The van der Waals surface area contributed by atoms with Crippen LogP contribution in [0, 0.1) is 0 Å². The number of ketones is 1. The molecule has 0 amide bonds. The summed E-state index contributed by atoms with van der Waals surface area (Å²) in [6.45, 7) is 0.781. The number of Topliss-reactive ketones (excluding diaryl/α,β-unsaturated/α-hetero) is 1. The molecule has 3 rings (SSSR count). The monoisotopic (exact) mass is 305 g/mol. The van der Waals surface area contributed by atoms with Gasteiger partial charge in [-0.1, -0.05) is 47.5 Å². The number of benzene rings is 2. The van der Waals surface area contributed by atoms with Crippen molar-refractivity contribution in [1.29, 1.82) is 0 Å². The Morgan fingerprint density at radius 2 is 1.95 bits per heavy atom. The Hall–Kier alpha value is -1.51. The smallest absolute Gasteiger partial charge is 0.165 e.